The van der Waals surface area contributed by atoms with Crippen LogP contribution in [0.4, 0.5) is 0 Å². The Kier molecular flexibility index (Phi) is 7.25. The van der Waals surface area contributed by atoms with Crippen molar-refractivity contribution >= 4 is 25.2 Å². The molecule has 5 nitrogen and oxygen atoms in total. The second-order valence-electron chi connectivity index (χ2n) is 15.4. The molecular formula is C32H48B2O5. The molecule has 0 bridgehead atoms. The number of rotatable bonds is 4. The Morgan fingerprint density at radius 2 is 0.769 bits per heavy atom. The molecule has 2 aliphatic heterocycles. The van der Waals surface area contributed by atoms with Crippen molar-refractivity contribution in [3.63, 3.8) is 0 Å². The highest BCUT2D eigenvalue weighted by Gasteiger charge is 2.53. The lowest BCUT2D eigenvalue weighted by Crippen LogP contribution is -2.41. The molecule has 0 unspecified atom stereocenters. The molecule has 2 aromatic carbocycles. The molecule has 2 heterocycles. The van der Waals surface area contributed by atoms with Crippen molar-refractivity contribution in [2.75, 3.05) is 0 Å². The minimum absolute atomic E-state index is 0.0845. The molecular weight excluding hydrogens is 486 g/mol. The van der Waals surface area contributed by atoms with Crippen LogP contribution < -0.4 is 15.7 Å². The van der Waals surface area contributed by atoms with E-state index in [0.717, 1.165) is 33.6 Å². The van der Waals surface area contributed by atoms with Crippen LogP contribution in [-0.4, -0.2) is 36.6 Å². The molecule has 0 spiro atoms. The van der Waals surface area contributed by atoms with Gasteiger partial charge in [0.2, 0.25) is 0 Å². The van der Waals surface area contributed by atoms with E-state index < -0.39 is 36.6 Å². The van der Waals surface area contributed by atoms with Gasteiger partial charge < -0.3 is 23.4 Å². The minimum Gasteiger partial charge on any atom is -0.457 e. The summed E-state index contributed by atoms with van der Waals surface area (Å²) >= 11 is 0. The zero-order valence-corrected chi connectivity index (χ0v) is 26.7. The molecule has 0 radical (unpaired) electrons. The van der Waals surface area contributed by atoms with Gasteiger partial charge >= 0.3 is 14.2 Å². The summed E-state index contributed by atoms with van der Waals surface area (Å²) in [4.78, 5) is 0. The molecule has 0 aromatic heterocycles. The van der Waals surface area contributed by atoms with Crippen LogP contribution >= 0.6 is 0 Å². The molecule has 2 saturated heterocycles. The van der Waals surface area contributed by atoms with Gasteiger partial charge in [-0.3, -0.25) is 0 Å². The van der Waals surface area contributed by atoms with Gasteiger partial charge in [-0.1, -0.05) is 53.7 Å². The van der Waals surface area contributed by atoms with Gasteiger partial charge in [-0.25, -0.2) is 0 Å². The first-order chi connectivity index (χ1) is 17.5. The van der Waals surface area contributed by atoms with Crippen LogP contribution in [0.2, 0.25) is 0 Å². The van der Waals surface area contributed by atoms with Crippen LogP contribution in [0.5, 0.6) is 11.5 Å². The van der Waals surface area contributed by atoms with E-state index in [1.54, 1.807) is 0 Å². The predicted octanol–water partition coefficient (Wildman–Crippen LogP) is 6.67. The first kappa shape index (κ1) is 30.2. The van der Waals surface area contributed by atoms with Crippen LogP contribution in [0.15, 0.2) is 36.4 Å². The lowest BCUT2D eigenvalue weighted by molar-refractivity contribution is 0.00578. The molecule has 0 N–H and O–H groups in total. The monoisotopic (exact) mass is 534 g/mol. The number of ether oxygens (including phenoxy) is 1. The van der Waals surface area contributed by atoms with E-state index in [0.29, 0.717) is 0 Å². The van der Waals surface area contributed by atoms with Gasteiger partial charge in [0.25, 0.3) is 0 Å². The standard InChI is InChI=1S/C32H48B2O5/c1-27(2,3)21-15-23(33-36-29(7,8)30(9,10)37-33)19-25(17-21)35-26-18-22(28(4,5)6)16-24(20-26)34-38-31(11,12)32(13,14)39-34/h15-20H,1-14H3. The summed E-state index contributed by atoms with van der Waals surface area (Å²) in [5.74, 6) is 1.50. The summed E-state index contributed by atoms with van der Waals surface area (Å²) in [7, 11) is -0.943. The third kappa shape index (κ3) is 5.98. The SMILES string of the molecule is CC(C)(C)c1cc(Oc2cc(B3OC(C)(C)C(C)(C)O3)cc(C(C)(C)C)c2)cc(B2OC(C)(C)C(C)(C)O2)c1. The van der Waals surface area contributed by atoms with Crippen LogP contribution in [-0.2, 0) is 29.4 Å². The fraction of sp³-hybridized carbons (Fsp3) is 0.625. The van der Waals surface area contributed by atoms with Gasteiger partial charge in [0.1, 0.15) is 11.5 Å². The fourth-order valence-corrected chi connectivity index (χ4v) is 4.59. The summed E-state index contributed by atoms with van der Waals surface area (Å²) in [5.41, 5.74) is 2.36. The Morgan fingerprint density at radius 1 is 0.487 bits per heavy atom. The van der Waals surface area contributed by atoms with Gasteiger partial charge in [-0.2, -0.15) is 0 Å². The summed E-state index contributed by atoms with van der Waals surface area (Å²) in [6, 6.07) is 12.7. The third-order valence-corrected chi connectivity index (χ3v) is 8.88. The first-order valence-corrected chi connectivity index (χ1v) is 14.2. The summed E-state index contributed by atoms with van der Waals surface area (Å²) in [5, 5.41) is 0. The smallest absolute Gasteiger partial charge is 0.457 e. The third-order valence-electron chi connectivity index (χ3n) is 8.88. The quantitative estimate of drug-likeness (QED) is 0.410. The Labute approximate surface area is 237 Å². The van der Waals surface area contributed by atoms with Crippen molar-refractivity contribution in [1.29, 1.82) is 0 Å². The molecule has 0 aliphatic carbocycles. The van der Waals surface area contributed by atoms with Crippen LogP contribution in [0.1, 0.15) is 108 Å². The minimum atomic E-state index is -0.471. The molecule has 7 heteroatoms. The molecule has 4 rings (SSSR count). The molecule has 0 saturated carbocycles. The Bertz CT molecular complexity index is 1110. The molecule has 2 aromatic rings. The zero-order chi connectivity index (χ0) is 29.4. The van der Waals surface area contributed by atoms with E-state index in [9.17, 15) is 0 Å². The normalized spacial score (nSPS) is 21.9. The van der Waals surface area contributed by atoms with Crippen molar-refractivity contribution in [1.82, 2.24) is 0 Å². The average molecular weight is 534 g/mol. The molecule has 2 aliphatic rings. The number of benzene rings is 2. The number of hydrogen-bond acceptors (Lipinski definition) is 5. The van der Waals surface area contributed by atoms with Crippen molar-refractivity contribution in [3.05, 3.63) is 47.5 Å². The van der Waals surface area contributed by atoms with E-state index in [4.69, 9.17) is 23.4 Å². The van der Waals surface area contributed by atoms with Crippen LogP contribution in [0.3, 0.4) is 0 Å². The maximum absolute atomic E-state index is 6.64. The van der Waals surface area contributed by atoms with E-state index in [-0.39, 0.29) is 10.8 Å². The van der Waals surface area contributed by atoms with Crippen molar-refractivity contribution in [3.8, 4) is 11.5 Å². The zero-order valence-electron chi connectivity index (χ0n) is 26.7. The highest BCUT2D eigenvalue weighted by atomic mass is 16.7. The van der Waals surface area contributed by atoms with E-state index in [2.05, 4.69) is 121 Å². The largest absolute Gasteiger partial charge is 0.494 e. The highest BCUT2D eigenvalue weighted by molar-refractivity contribution is 6.62. The molecule has 2 fully saturated rings. The first-order valence-electron chi connectivity index (χ1n) is 14.2. The Morgan fingerprint density at radius 3 is 1.03 bits per heavy atom. The van der Waals surface area contributed by atoms with Gasteiger partial charge in [0, 0.05) is 0 Å². The van der Waals surface area contributed by atoms with Crippen molar-refractivity contribution in [2.24, 2.45) is 0 Å². The highest BCUT2D eigenvalue weighted by Crippen LogP contribution is 2.39. The van der Waals surface area contributed by atoms with Crippen molar-refractivity contribution < 1.29 is 23.4 Å². The topological polar surface area (TPSA) is 46.2 Å². The lowest BCUT2D eigenvalue weighted by Gasteiger charge is -2.32. The summed E-state index contributed by atoms with van der Waals surface area (Å²) < 4.78 is 32.2. The molecule has 212 valence electrons. The van der Waals surface area contributed by atoms with Crippen LogP contribution in [0, 0.1) is 0 Å². The van der Waals surface area contributed by atoms with Crippen molar-refractivity contribution in [2.45, 2.75) is 130 Å². The average Bonchev–Trinajstić information content (AvgIpc) is 3.11. The van der Waals surface area contributed by atoms with E-state index >= 15 is 0 Å². The Hall–Kier alpha value is -1.79. The molecule has 0 atom stereocenters. The van der Waals surface area contributed by atoms with Gasteiger partial charge in [-0.05, 0) is 113 Å². The lowest BCUT2D eigenvalue weighted by atomic mass is 9.75. The fourth-order valence-electron chi connectivity index (χ4n) is 4.59. The molecule has 39 heavy (non-hydrogen) atoms. The van der Waals surface area contributed by atoms with E-state index in [1.165, 1.54) is 0 Å². The van der Waals surface area contributed by atoms with E-state index in [1.807, 2.05) is 12.1 Å². The van der Waals surface area contributed by atoms with Crippen LogP contribution in [0.25, 0.3) is 0 Å². The maximum atomic E-state index is 6.64. The second kappa shape index (κ2) is 9.37. The van der Waals surface area contributed by atoms with Gasteiger partial charge in [0.15, 0.2) is 0 Å². The molecule has 0 amide bonds. The second-order valence-corrected chi connectivity index (χ2v) is 15.4. The number of hydrogen-bond donors (Lipinski definition) is 0. The maximum Gasteiger partial charge on any atom is 0.494 e. The van der Waals surface area contributed by atoms with Gasteiger partial charge in [0.05, 0.1) is 22.4 Å². The summed E-state index contributed by atoms with van der Waals surface area (Å²) in [6.07, 6.45) is 0. The summed E-state index contributed by atoms with van der Waals surface area (Å²) in [6.45, 7) is 29.8. The van der Waals surface area contributed by atoms with Gasteiger partial charge in [-0.15, -0.1) is 0 Å². The Balaban J connectivity index is 1.75. The predicted molar refractivity (Wildman–Crippen MR) is 162 cm³/mol.